The van der Waals surface area contributed by atoms with E-state index in [2.05, 4.69) is 13.8 Å². The van der Waals surface area contributed by atoms with E-state index in [4.69, 9.17) is 0 Å². The second-order valence-corrected chi connectivity index (χ2v) is 6.80. The smallest absolute Gasteiger partial charge is 0.262 e. The number of carbonyl (C=O) groups is 4. The van der Waals surface area contributed by atoms with Gasteiger partial charge in [0.25, 0.3) is 17.7 Å². The Balaban J connectivity index is 1.92. The molecule has 6 nitrogen and oxygen atoms in total. The number of likely N-dealkylation sites (tertiary alicyclic amines) is 1. The van der Waals surface area contributed by atoms with Gasteiger partial charge in [0.1, 0.15) is 6.04 Å². The van der Waals surface area contributed by atoms with Gasteiger partial charge in [0.05, 0.1) is 11.1 Å². The van der Waals surface area contributed by atoms with Crippen LogP contribution in [0.25, 0.3) is 0 Å². The number of rotatable bonds is 3. The van der Waals surface area contributed by atoms with Crippen LogP contribution in [0.15, 0.2) is 18.2 Å². The summed E-state index contributed by atoms with van der Waals surface area (Å²) in [5.41, 5.74) is 1.68. The zero-order valence-corrected chi connectivity index (χ0v) is 14.0. The van der Waals surface area contributed by atoms with Crippen LogP contribution in [0.1, 0.15) is 53.0 Å². The fourth-order valence-electron chi connectivity index (χ4n) is 3.33. The Bertz CT molecular complexity index is 753. The Hall–Kier alpha value is -2.50. The first-order chi connectivity index (χ1) is 11.3. The van der Waals surface area contributed by atoms with E-state index in [-0.39, 0.29) is 18.7 Å². The Labute approximate surface area is 140 Å². The number of benzene rings is 1. The van der Waals surface area contributed by atoms with E-state index in [1.54, 1.807) is 12.1 Å². The number of piperidine rings is 1. The zero-order chi connectivity index (χ0) is 17.6. The lowest BCUT2D eigenvalue weighted by molar-refractivity contribution is -0.149. The highest BCUT2D eigenvalue weighted by molar-refractivity contribution is 6.23. The number of nitrogens with zero attached hydrogens (tertiary/aromatic N) is 2. The van der Waals surface area contributed by atoms with Crippen molar-refractivity contribution in [1.29, 1.82) is 0 Å². The fourth-order valence-corrected chi connectivity index (χ4v) is 3.33. The lowest BCUT2D eigenvalue weighted by Gasteiger charge is -2.32. The summed E-state index contributed by atoms with van der Waals surface area (Å²) in [7, 11) is 1.38. The van der Waals surface area contributed by atoms with Crippen LogP contribution in [0.3, 0.4) is 0 Å². The molecule has 1 fully saturated rings. The van der Waals surface area contributed by atoms with Gasteiger partial charge in [-0.15, -0.1) is 0 Å². The van der Waals surface area contributed by atoms with Gasteiger partial charge in [-0.2, -0.15) is 0 Å². The van der Waals surface area contributed by atoms with Gasteiger partial charge in [0.2, 0.25) is 5.91 Å². The number of likely N-dealkylation sites (N-methyl/N-ethyl adjacent to an activating group) is 1. The molecule has 126 valence electrons. The van der Waals surface area contributed by atoms with E-state index in [1.165, 1.54) is 7.05 Å². The Morgan fingerprint density at radius 1 is 1.08 bits per heavy atom. The summed E-state index contributed by atoms with van der Waals surface area (Å²) in [5.74, 6) is -1.24. The first-order valence-corrected chi connectivity index (χ1v) is 8.12. The number of amides is 4. The predicted molar refractivity (Wildman–Crippen MR) is 86.3 cm³/mol. The summed E-state index contributed by atoms with van der Waals surface area (Å²) in [4.78, 5) is 51.3. The third kappa shape index (κ3) is 2.52. The quantitative estimate of drug-likeness (QED) is 0.790. The van der Waals surface area contributed by atoms with E-state index in [0.717, 1.165) is 21.8 Å². The first kappa shape index (κ1) is 16.4. The minimum Gasteiger partial charge on any atom is -0.284 e. The van der Waals surface area contributed by atoms with Crippen LogP contribution in [-0.2, 0) is 16.0 Å². The lowest BCUT2D eigenvalue weighted by Crippen LogP contribution is -2.54. The summed E-state index contributed by atoms with van der Waals surface area (Å²) in [6, 6.07) is 4.37. The van der Waals surface area contributed by atoms with Crippen molar-refractivity contribution in [2.75, 3.05) is 7.05 Å². The molecule has 1 aromatic rings. The molecule has 1 unspecified atom stereocenters. The second-order valence-electron chi connectivity index (χ2n) is 6.80. The minimum absolute atomic E-state index is 0.152. The zero-order valence-electron chi connectivity index (χ0n) is 14.0. The SMILES string of the molecule is CC(C)Cc1ccc2c(c1)C(=O)N(C1CCC(=O)N(C)C1=O)C2=O. The van der Waals surface area contributed by atoms with E-state index < -0.39 is 23.8 Å². The first-order valence-electron chi connectivity index (χ1n) is 8.12. The molecule has 2 aliphatic heterocycles. The number of fused-ring (bicyclic) bond motifs is 1. The molecule has 2 heterocycles. The van der Waals surface area contributed by atoms with Crippen LogP contribution >= 0.6 is 0 Å². The summed E-state index contributed by atoms with van der Waals surface area (Å²) in [5, 5.41) is 0. The van der Waals surface area contributed by atoms with Crippen molar-refractivity contribution in [3.05, 3.63) is 34.9 Å². The maximum absolute atomic E-state index is 12.7. The lowest BCUT2D eigenvalue weighted by atomic mass is 9.99. The predicted octanol–water partition coefficient (Wildman–Crippen LogP) is 1.63. The molecule has 1 aromatic carbocycles. The molecule has 0 aliphatic carbocycles. The highest BCUT2D eigenvalue weighted by Gasteiger charge is 2.46. The monoisotopic (exact) mass is 328 g/mol. The van der Waals surface area contributed by atoms with Crippen LogP contribution in [0.5, 0.6) is 0 Å². The highest BCUT2D eigenvalue weighted by atomic mass is 16.2. The Morgan fingerprint density at radius 2 is 1.75 bits per heavy atom. The van der Waals surface area contributed by atoms with E-state index in [0.29, 0.717) is 17.0 Å². The largest absolute Gasteiger partial charge is 0.284 e. The number of carbonyl (C=O) groups excluding carboxylic acids is 4. The normalized spacial score (nSPS) is 21.1. The van der Waals surface area contributed by atoms with Crippen LogP contribution in [0.4, 0.5) is 0 Å². The third-order valence-corrected chi connectivity index (χ3v) is 4.56. The minimum atomic E-state index is -0.895. The molecule has 0 N–H and O–H groups in total. The van der Waals surface area contributed by atoms with Gasteiger partial charge < -0.3 is 0 Å². The Kier molecular flexibility index (Phi) is 3.99. The van der Waals surface area contributed by atoms with Crippen molar-refractivity contribution < 1.29 is 19.2 Å². The molecule has 1 atom stereocenters. The van der Waals surface area contributed by atoms with Gasteiger partial charge in [0, 0.05) is 13.5 Å². The van der Waals surface area contributed by atoms with Crippen molar-refractivity contribution >= 4 is 23.6 Å². The molecule has 1 saturated heterocycles. The highest BCUT2D eigenvalue weighted by Crippen LogP contribution is 2.29. The van der Waals surface area contributed by atoms with Crippen LogP contribution in [0.2, 0.25) is 0 Å². The van der Waals surface area contributed by atoms with E-state index in [9.17, 15) is 19.2 Å². The van der Waals surface area contributed by atoms with Crippen LogP contribution < -0.4 is 0 Å². The van der Waals surface area contributed by atoms with E-state index >= 15 is 0 Å². The third-order valence-electron chi connectivity index (χ3n) is 4.56. The average Bonchev–Trinajstić information content (AvgIpc) is 2.77. The molecule has 4 amide bonds. The molecule has 0 saturated carbocycles. The summed E-state index contributed by atoms with van der Waals surface area (Å²) >= 11 is 0. The molecule has 0 spiro atoms. The standard InChI is InChI=1S/C18H20N2O4/c1-10(2)8-11-4-5-12-13(9-11)17(23)20(16(12)22)14-6-7-15(21)19(3)18(14)24/h4-5,9-10,14H,6-8H2,1-3H3. The van der Waals surface area contributed by atoms with Crippen molar-refractivity contribution in [1.82, 2.24) is 9.80 Å². The van der Waals surface area contributed by atoms with Gasteiger partial charge in [-0.3, -0.25) is 29.0 Å². The average molecular weight is 328 g/mol. The topological polar surface area (TPSA) is 74.8 Å². The maximum atomic E-state index is 12.7. The van der Waals surface area contributed by atoms with Crippen LogP contribution in [0, 0.1) is 5.92 Å². The van der Waals surface area contributed by atoms with Crippen molar-refractivity contribution in [2.24, 2.45) is 5.92 Å². The molecular formula is C18H20N2O4. The summed E-state index contributed by atoms with van der Waals surface area (Å²) < 4.78 is 0. The molecular weight excluding hydrogens is 308 g/mol. The summed E-state index contributed by atoms with van der Waals surface area (Å²) in [6.45, 7) is 4.17. The molecule has 0 radical (unpaired) electrons. The van der Waals surface area contributed by atoms with E-state index in [1.807, 2.05) is 6.07 Å². The molecule has 24 heavy (non-hydrogen) atoms. The van der Waals surface area contributed by atoms with Gasteiger partial charge in [-0.05, 0) is 36.5 Å². The van der Waals surface area contributed by atoms with Crippen LogP contribution in [-0.4, -0.2) is 46.5 Å². The summed E-state index contributed by atoms with van der Waals surface area (Å²) in [6.07, 6.45) is 1.15. The maximum Gasteiger partial charge on any atom is 0.262 e. The fraction of sp³-hybridized carbons (Fsp3) is 0.444. The van der Waals surface area contributed by atoms with Gasteiger partial charge >= 0.3 is 0 Å². The number of hydrogen-bond acceptors (Lipinski definition) is 4. The number of imide groups is 2. The molecule has 0 bridgehead atoms. The van der Waals surface area contributed by atoms with Gasteiger partial charge in [0.15, 0.2) is 0 Å². The Morgan fingerprint density at radius 3 is 2.42 bits per heavy atom. The second kappa shape index (κ2) is 5.85. The van der Waals surface area contributed by atoms with Gasteiger partial charge in [-0.25, -0.2) is 0 Å². The molecule has 6 heteroatoms. The van der Waals surface area contributed by atoms with Crippen molar-refractivity contribution in [3.63, 3.8) is 0 Å². The van der Waals surface area contributed by atoms with Crippen molar-refractivity contribution in [2.45, 2.75) is 39.2 Å². The number of hydrogen-bond donors (Lipinski definition) is 0. The molecule has 3 rings (SSSR count). The van der Waals surface area contributed by atoms with Gasteiger partial charge in [-0.1, -0.05) is 19.9 Å². The molecule has 0 aromatic heterocycles. The molecule has 2 aliphatic rings. The van der Waals surface area contributed by atoms with Crippen molar-refractivity contribution in [3.8, 4) is 0 Å².